The van der Waals surface area contributed by atoms with E-state index in [9.17, 15) is 4.79 Å². The summed E-state index contributed by atoms with van der Waals surface area (Å²) in [6.45, 7) is 1.95. The lowest BCUT2D eigenvalue weighted by molar-refractivity contribution is 0.0940. The number of benzene rings is 1. The van der Waals surface area contributed by atoms with Gasteiger partial charge in [0.1, 0.15) is 0 Å². The quantitative estimate of drug-likeness (QED) is 0.883. The van der Waals surface area contributed by atoms with Crippen molar-refractivity contribution in [3.8, 4) is 0 Å². The zero-order valence-corrected chi connectivity index (χ0v) is 11.1. The molecule has 19 heavy (non-hydrogen) atoms. The standard InChI is InChI=1S/C15H17N3O/c1-11(12-7-9-17-10-8-12)18-15(19)13-5-3-4-6-14(13)16-2/h3-11,16H,1-2H3,(H,18,19)/t11-/m0/s1. The number of amides is 1. The average molecular weight is 255 g/mol. The van der Waals surface area contributed by atoms with Gasteiger partial charge in [0, 0.05) is 25.1 Å². The van der Waals surface area contributed by atoms with Crippen LogP contribution in [0.3, 0.4) is 0 Å². The zero-order valence-electron chi connectivity index (χ0n) is 11.1. The van der Waals surface area contributed by atoms with Gasteiger partial charge in [0.05, 0.1) is 11.6 Å². The summed E-state index contributed by atoms with van der Waals surface area (Å²) < 4.78 is 0. The third kappa shape index (κ3) is 3.10. The average Bonchev–Trinajstić information content (AvgIpc) is 2.48. The van der Waals surface area contributed by atoms with Gasteiger partial charge in [0.15, 0.2) is 0 Å². The predicted octanol–water partition coefficient (Wildman–Crippen LogP) is 2.61. The molecule has 0 saturated heterocycles. The fraction of sp³-hybridized carbons (Fsp3) is 0.200. The smallest absolute Gasteiger partial charge is 0.253 e. The van der Waals surface area contributed by atoms with Gasteiger partial charge in [-0.05, 0) is 36.8 Å². The number of pyridine rings is 1. The molecule has 2 N–H and O–H groups in total. The van der Waals surface area contributed by atoms with E-state index in [4.69, 9.17) is 0 Å². The second-order valence-corrected chi connectivity index (χ2v) is 4.27. The third-order valence-corrected chi connectivity index (χ3v) is 2.99. The van der Waals surface area contributed by atoms with Crippen LogP contribution in [-0.4, -0.2) is 17.9 Å². The molecule has 2 aromatic rings. The first-order valence-corrected chi connectivity index (χ1v) is 6.20. The lowest BCUT2D eigenvalue weighted by Gasteiger charge is -2.15. The number of carbonyl (C=O) groups is 1. The number of rotatable bonds is 4. The van der Waals surface area contributed by atoms with Crippen LogP contribution in [0.5, 0.6) is 0 Å². The third-order valence-electron chi connectivity index (χ3n) is 2.99. The molecule has 1 aromatic carbocycles. The molecule has 1 aromatic heterocycles. The highest BCUT2D eigenvalue weighted by Gasteiger charge is 2.13. The van der Waals surface area contributed by atoms with Crippen LogP contribution in [-0.2, 0) is 0 Å². The Kier molecular flexibility index (Phi) is 4.13. The van der Waals surface area contributed by atoms with Crippen LogP contribution in [0.1, 0.15) is 28.9 Å². The van der Waals surface area contributed by atoms with E-state index >= 15 is 0 Å². The molecule has 0 radical (unpaired) electrons. The summed E-state index contributed by atoms with van der Waals surface area (Å²) in [5, 5.41) is 6.00. The Morgan fingerprint density at radius 1 is 1.16 bits per heavy atom. The molecule has 98 valence electrons. The minimum atomic E-state index is -0.0886. The Morgan fingerprint density at radius 2 is 1.84 bits per heavy atom. The lowest BCUT2D eigenvalue weighted by atomic mass is 10.1. The summed E-state index contributed by atoms with van der Waals surface area (Å²) in [7, 11) is 1.80. The summed E-state index contributed by atoms with van der Waals surface area (Å²) in [5.74, 6) is -0.0886. The van der Waals surface area contributed by atoms with E-state index in [0.717, 1.165) is 11.3 Å². The van der Waals surface area contributed by atoms with Crippen molar-refractivity contribution in [1.29, 1.82) is 0 Å². The summed E-state index contributed by atoms with van der Waals surface area (Å²) in [6, 6.07) is 11.2. The maximum atomic E-state index is 12.2. The van der Waals surface area contributed by atoms with Gasteiger partial charge < -0.3 is 10.6 Å². The van der Waals surface area contributed by atoms with Crippen molar-refractivity contribution >= 4 is 11.6 Å². The number of anilines is 1. The van der Waals surface area contributed by atoms with Gasteiger partial charge in [-0.2, -0.15) is 0 Å². The number of hydrogen-bond acceptors (Lipinski definition) is 3. The van der Waals surface area contributed by atoms with Crippen molar-refractivity contribution in [2.45, 2.75) is 13.0 Å². The molecule has 0 bridgehead atoms. The molecule has 4 nitrogen and oxygen atoms in total. The topological polar surface area (TPSA) is 54.0 Å². The lowest BCUT2D eigenvalue weighted by Crippen LogP contribution is -2.27. The number of aromatic nitrogens is 1. The van der Waals surface area contributed by atoms with E-state index in [2.05, 4.69) is 15.6 Å². The zero-order chi connectivity index (χ0) is 13.7. The monoisotopic (exact) mass is 255 g/mol. The van der Waals surface area contributed by atoms with E-state index < -0.39 is 0 Å². The van der Waals surface area contributed by atoms with Gasteiger partial charge >= 0.3 is 0 Å². The molecule has 0 aliphatic carbocycles. The number of nitrogens with one attached hydrogen (secondary N) is 2. The maximum Gasteiger partial charge on any atom is 0.253 e. The summed E-state index contributed by atoms with van der Waals surface area (Å²) >= 11 is 0. The van der Waals surface area contributed by atoms with E-state index in [1.807, 2.05) is 37.3 Å². The largest absolute Gasteiger partial charge is 0.387 e. The van der Waals surface area contributed by atoms with Crippen molar-refractivity contribution in [1.82, 2.24) is 10.3 Å². The highest BCUT2D eigenvalue weighted by molar-refractivity contribution is 5.99. The van der Waals surface area contributed by atoms with Crippen LogP contribution in [0.4, 0.5) is 5.69 Å². The fourth-order valence-corrected chi connectivity index (χ4v) is 1.91. The minimum absolute atomic E-state index is 0.0552. The van der Waals surface area contributed by atoms with E-state index in [-0.39, 0.29) is 11.9 Å². The van der Waals surface area contributed by atoms with Crippen molar-refractivity contribution in [2.24, 2.45) is 0 Å². The molecule has 0 fully saturated rings. The molecular weight excluding hydrogens is 238 g/mol. The highest BCUT2D eigenvalue weighted by atomic mass is 16.1. The Bertz CT molecular complexity index is 554. The minimum Gasteiger partial charge on any atom is -0.387 e. The van der Waals surface area contributed by atoms with Crippen LogP contribution < -0.4 is 10.6 Å². The Balaban J connectivity index is 2.13. The molecule has 1 atom stereocenters. The Hall–Kier alpha value is -2.36. The van der Waals surface area contributed by atoms with E-state index in [0.29, 0.717) is 5.56 Å². The summed E-state index contributed by atoms with van der Waals surface area (Å²) in [6.07, 6.45) is 3.44. The molecule has 0 saturated carbocycles. The highest BCUT2D eigenvalue weighted by Crippen LogP contribution is 2.16. The van der Waals surface area contributed by atoms with Crippen LogP contribution in [0.2, 0.25) is 0 Å². The van der Waals surface area contributed by atoms with Crippen LogP contribution in [0.15, 0.2) is 48.8 Å². The van der Waals surface area contributed by atoms with Crippen molar-refractivity contribution in [3.05, 3.63) is 59.9 Å². The van der Waals surface area contributed by atoms with Crippen LogP contribution in [0, 0.1) is 0 Å². The van der Waals surface area contributed by atoms with Gasteiger partial charge in [-0.25, -0.2) is 0 Å². The second-order valence-electron chi connectivity index (χ2n) is 4.27. The molecule has 0 spiro atoms. The van der Waals surface area contributed by atoms with Gasteiger partial charge in [0.25, 0.3) is 5.91 Å². The summed E-state index contributed by atoms with van der Waals surface area (Å²) in [5.41, 5.74) is 2.50. The molecule has 0 unspecified atom stereocenters. The SMILES string of the molecule is CNc1ccccc1C(=O)N[C@@H](C)c1ccncc1. The molecule has 0 aliphatic heterocycles. The molecule has 0 aliphatic rings. The molecule has 1 heterocycles. The number of hydrogen-bond donors (Lipinski definition) is 2. The number of para-hydroxylation sites is 1. The van der Waals surface area contributed by atoms with Gasteiger partial charge in [0.2, 0.25) is 0 Å². The van der Waals surface area contributed by atoms with Crippen molar-refractivity contribution in [2.75, 3.05) is 12.4 Å². The van der Waals surface area contributed by atoms with Gasteiger partial charge in [-0.3, -0.25) is 9.78 Å². The summed E-state index contributed by atoms with van der Waals surface area (Å²) in [4.78, 5) is 16.2. The van der Waals surface area contributed by atoms with Crippen LogP contribution >= 0.6 is 0 Å². The first-order chi connectivity index (χ1) is 9.22. The van der Waals surface area contributed by atoms with Crippen molar-refractivity contribution < 1.29 is 4.79 Å². The Labute approximate surface area is 112 Å². The number of nitrogens with zero attached hydrogens (tertiary/aromatic N) is 1. The maximum absolute atomic E-state index is 12.2. The molecule has 4 heteroatoms. The van der Waals surface area contributed by atoms with Crippen molar-refractivity contribution in [3.63, 3.8) is 0 Å². The van der Waals surface area contributed by atoms with Gasteiger partial charge in [-0.1, -0.05) is 12.1 Å². The molecular formula is C15H17N3O. The normalized spacial score (nSPS) is 11.7. The van der Waals surface area contributed by atoms with Gasteiger partial charge in [-0.15, -0.1) is 0 Å². The molecule has 1 amide bonds. The number of carbonyl (C=O) groups excluding carboxylic acids is 1. The molecule has 2 rings (SSSR count). The predicted molar refractivity (Wildman–Crippen MR) is 76.1 cm³/mol. The van der Waals surface area contributed by atoms with Crippen LogP contribution in [0.25, 0.3) is 0 Å². The fourth-order valence-electron chi connectivity index (χ4n) is 1.91. The second kappa shape index (κ2) is 6.00. The van der Waals surface area contributed by atoms with E-state index in [1.165, 1.54) is 0 Å². The first kappa shape index (κ1) is 13.1. The first-order valence-electron chi connectivity index (χ1n) is 6.20. The van der Waals surface area contributed by atoms with E-state index in [1.54, 1.807) is 25.5 Å². The Morgan fingerprint density at radius 3 is 2.53 bits per heavy atom.